The molecule has 0 N–H and O–H groups in total. The second kappa shape index (κ2) is 13.2. The van der Waals surface area contributed by atoms with Gasteiger partial charge in [0.1, 0.15) is 11.2 Å². The highest BCUT2D eigenvalue weighted by Gasteiger charge is 2.21. The molecule has 1 heterocycles. The quantitative estimate of drug-likeness (QED) is 0.160. The normalized spacial score (nSPS) is 11.6. The highest BCUT2D eigenvalue weighted by molar-refractivity contribution is 6.26. The van der Waals surface area contributed by atoms with Crippen molar-refractivity contribution in [3.63, 3.8) is 0 Å². The molecule has 0 atom stereocenters. The van der Waals surface area contributed by atoms with Crippen LogP contribution in [0.4, 0.5) is 17.1 Å². The fourth-order valence-corrected chi connectivity index (χ4v) is 8.62. The van der Waals surface area contributed by atoms with E-state index in [0.29, 0.717) is 0 Å². The van der Waals surface area contributed by atoms with Gasteiger partial charge in [-0.25, -0.2) is 0 Å². The highest BCUT2D eigenvalue weighted by Crippen LogP contribution is 2.46. The fourth-order valence-electron chi connectivity index (χ4n) is 8.62. The maximum atomic E-state index is 6.46. The number of hydrogen-bond acceptors (Lipinski definition) is 2. The molecule has 0 bridgehead atoms. The van der Waals surface area contributed by atoms with Crippen LogP contribution in [0.2, 0.25) is 0 Å². The van der Waals surface area contributed by atoms with E-state index in [9.17, 15) is 0 Å². The highest BCUT2D eigenvalue weighted by atomic mass is 16.3. The summed E-state index contributed by atoms with van der Waals surface area (Å²) in [6.45, 7) is 0. The van der Waals surface area contributed by atoms with E-state index in [1.165, 1.54) is 43.4 Å². The molecule has 0 aliphatic carbocycles. The van der Waals surface area contributed by atoms with Crippen molar-refractivity contribution in [3.8, 4) is 33.4 Å². The number of nitrogens with zero attached hydrogens (tertiary/aromatic N) is 1. The third kappa shape index (κ3) is 5.26. The van der Waals surface area contributed by atoms with E-state index in [4.69, 9.17) is 4.42 Å². The van der Waals surface area contributed by atoms with Crippen molar-refractivity contribution in [3.05, 3.63) is 212 Å². The Bertz CT molecular complexity index is 3200. The first kappa shape index (κ1) is 32.0. The molecule has 262 valence electrons. The van der Waals surface area contributed by atoms with Crippen LogP contribution in [0.25, 0.3) is 87.6 Å². The summed E-state index contributed by atoms with van der Waals surface area (Å²) in [4.78, 5) is 2.42. The number of para-hydroxylation sites is 2. The van der Waals surface area contributed by atoms with Gasteiger partial charge < -0.3 is 9.32 Å². The van der Waals surface area contributed by atoms with Gasteiger partial charge in [-0.2, -0.15) is 0 Å². The van der Waals surface area contributed by atoms with Gasteiger partial charge in [0.25, 0.3) is 0 Å². The molecule has 0 saturated heterocycles. The number of hydrogen-bond donors (Lipinski definition) is 0. The van der Waals surface area contributed by atoms with Crippen LogP contribution in [0.15, 0.2) is 217 Å². The minimum absolute atomic E-state index is 0.904. The summed E-state index contributed by atoms with van der Waals surface area (Å²) in [5, 5.41) is 9.80. The zero-order valence-electron chi connectivity index (χ0n) is 30.6. The molecule has 11 aromatic rings. The van der Waals surface area contributed by atoms with Crippen LogP contribution in [0.3, 0.4) is 0 Å². The lowest BCUT2D eigenvalue weighted by atomic mass is 9.93. The molecule has 0 unspecified atom stereocenters. The Morgan fingerprint density at radius 2 is 0.804 bits per heavy atom. The summed E-state index contributed by atoms with van der Waals surface area (Å²) in [6.07, 6.45) is 0. The van der Waals surface area contributed by atoms with Gasteiger partial charge in [-0.1, -0.05) is 170 Å². The SMILES string of the molecule is c1ccc(-c2ccc(N(c3ccc(-c4cccc5c4oc4ccccc45)cc3)c3ccc4c5ccccc5c5ccccc5c4c3)c(-c3ccccc3)c2)cc1. The van der Waals surface area contributed by atoms with E-state index in [2.05, 4.69) is 205 Å². The van der Waals surface area contributed by atoms with E-state index in [0.717, 1.165) is 61.3 Å². The molecule has 0 spiro atoms. The summed E-state index contributed by atoms with van der Waals surface area (Å²) >= 11 is 0. The zero-order chi connectivity index (χ0) is 37.0. The van der Waals surface area contributed by atoms with Crippen LogP contribution in [0.1, 0.15) is 0 Å². The number of anilines is 3. The fraction of sp³-hybridized carbons (Fsp3) is 0. The van der Waals surface area contributed by atoms with Gasteiger partial charge in [-0.15, -0.1) is 0 Å². The van der Waals surface area contributed by atoms with Gasteiger partial charge in [0.15, 0.2) is 0 Å². The lowest BCUT2D eigenvalue weighted by Crippen LogP contribution is -2.11. The van der Waals surface area contributed by atoms with Gasteiger partial charge in [0.2, 0.25) is 0 Å². The maximum absolute atomic E-state index is 6.46. The van der Waals surface area contributed by atoms with Crippen molar-refractivity contribution in [1.82, 2.24) is 0 Å². The Hall–Kier alpha value is -7.42. The molecular formula is C54H35NO. The van der Waals surface area contributed by atoms with Crippen LogP contribution >= 0.6 is 0 Å². The van der Waals surface area contributed by atoms with Crippen molar-refractivity contribution in [2.75, 3.05) is 4.90 Å². The minimum atomic E-state index is 0.904. The predicted molar refractivity (Wildman–Crippen MR) is 237 cm³/mol. The van der Waals surface area contributed by atoms with Crippen molar-refractivity contribution >= 4 is 71.3 Å². The number of rotatable bonds is 6. The van der Waals surface area contributed by atoms with Crippen molar-refractivity contribution in [2.45, 2.75) is 0 Å². The monoisotopic (exact) mass is 713 g/mol. The molecule has 0 aliphatic heterocycles. The third-order valence-electron chi connectivity index (χ3n) is 11.3. The van der Waals surface area contributed by atoms with Crippen molar-refractivity contribution in [1.29, 1.82) is 0 Å². The van der Waals surface area contributed by atoms with Crippen LogP contribution in [-0.4, -0.2) is 0 Å². The van der Waals surface area contributed by atoms with Gasteiger partial charge in [-0.05, 0) is 97.0 Å². The Morgan fingerprint density at radius 3 is 1.50 bits per heavy atom. The third-order valence-corrected chi connectivity index (χ3v) is 11.3. The van der Waals surface area contributed by atoms with Crippen LogP contribution < -0.4 is 4.90 Å². The molecule has 0 amide bonds. The Kier molecular flexibility index (Phi) is 7.53. The molecule has 0 aliphatic rings. The average Bonchev–Trinajstić information content (AvgIpc) is 3.67. The Morgan fingerprint density at radius 1 is 0.286 bits per heavy atom. The second-order valence-corrected chi connectivity index (χ2v) is 14.4. The Labute approximate surface area is 325 Å². The molecular weight excluding hydrogens is 679 g/mol. The predicted octanol–water partition coefficient (Wildman–Crippen LogP) is 15.5. The zero-order valence-corrected chi connectivity index (χ0v) is 30.6. The molecule has 1 aromatic heterocycles. The van der Waals surface area contributed by atoms with E-state index >= 15 is 0 Å². The first-order valence-electron chi connectivity index (χ1n) is 19.2. The van der Waals surface area contributed by atoms with Gasteiger partial charge in [0, 0.05) is 33.3 Å². The standard InChI is InChI=1S/C54H35NO/c1-3-14-36(15-4-1)39-28-33-52(50(34-39)37-16-5-2-6-17-37)55(41-31-32-47-45-20-8-7-18-43(45)44-19-9-10-21-46(44)51(47)35-41)40-29-26-38(27-30-40)42-23-13-24-49-48-22-11-12-25-53(48)56-54(42)49/h1-35H. The maximum Gasteiger partial charge on any atom is 0.143 e. The smallest absolute Gasteiger partial charge is 0.143 e. The average molecular weight is 714 g/mol. The molecule has 0 fully saturated rings. The first-order chi connectivity index (χ1) is 27.8. The number of fused-ring (bicyclic) bond motifs is 9. The molecule has 0 radical (unpaired) electrons. The van der Waals surface area contributed by atoms with Gasteiger partial charge in [-0.3, -0.25) is 0 Å². The number of furan rings is 1. The van der Waals surface area contributed by atoms with Crippen LogP contribution in [0.5, 0.6) is 0 Å². The van der Waals surface area contributed by atoms with Crippen LogP contribution in [-0.2, 0) is 0 Å². The number of benzene rings is 10. The van der Waals surface area contributed by atoms with Crippen LogP contribution in [0, 0.1) is 0 Å². The summed E-state index contributed by atoms with van der Waals surface area (Å²) in [5.41, 5.74) is 12.0. The molecule has 0 saturated carbocycles. The summed E-state index contributed by atoms with van der Waals surface area (Å²) in [6, 6.07) is 76.5. The largest absolute Gasteiger partial charge is 0.455 e. The topological polar surface area (TPSA) is 16.4 Å². The minimum Gasteiger partial charge on any atom is -0.455 e. The van der Waals surface area contributed by atoms with E-state index < -0.39 is 0 Å². The van der Waals surface area contributed by atoms with Gasteiger partial charge in [0.05, 0.1) is 5.69 Å². The molecule has 2 heteroatoms. The lowest BCUT2D eigenvalue weighted by Gasteiger charge is -2.29. The lowest BCUT2D eigenvalue weighted by molar-refractivity contribution is 0.670. The first-order valence-corrected chi connectivity index (χ1v) is 19.2. The van der Waals surface area contributed by atoms with E-state index in [1.807, 2.05) is 12.1 Å². The molecule has 2 nitrogen and oxygen atoms in total. The van der Waals surface area contributed by atoms with Crippen molar-refractivity contribution < 1.29 is 4.42 Å². The van der Waals surface area contributed by atoms with E-state index in [-0.39, 0.29) is 0 Å². The van der Waals surface area contributed by atoms with Crippen molar-refractivity contribution in [2.24, 2.45) is 0 Å². The Balaban J connectivity index is 1.14. The second-order valence-electron chi connectivity index (χ2n) is 14.4. The molecule has 10 aromatic carbocycles. The summed E-state index contributed by atoms with van der Waals surface area (Å²) in [7, 11) is 0. The summed E-state index contributed by atoms with van der Waals surface area (Å²) in [5.74, 6) is 0. The molecule has 56 heavy (non-hydrogen) atoms. The summed E-state index contributed by atoms with van der Waals surface area (Å²) < 4.78 is 6.46. The molecule has 11 rings (SSSR count). The van der Waals surface area contributed by atoms with E-state index in [1.54, 1.807) is 0 Å². The van der Waals surface area contributed by atoms with Gasteiger partial charge >= 0.3 is 0 Å².